The fraction of sp³-hybridized carbons (Fsp3) is 0.889. The van der Waals surface area contributed by atoms with Crippen molar-refractivity contribution in [2.24, 2.45) is 0 Å². The Balaban J connectivity index is 2.14. The molecule has 2 rings (SSSR count). The van der Waals surface area contributed by atoms with Gasteiger partial charge < -0.3 is 0 Å². The third-order valence-electron chi connectivity index (χ3n) is 5.46. The number of rotatable bonds is 7. The summed E-state index contributed by atoms with van der Waals surface area (Å²) in [5, 5.41) is 0. The Bertz CT molecular complexity index is 288. The van der Waals surface area contributed by atoms with Crippen LogP contribution in [0.2, 0.25) is 16.1 Å². The van der Waals surface area contributed by atoms with E-state index < -0.39 is 0 Å². The number of hydrogen-bond donors (Lipinski definition) is 0. The Morgan fingerprint density at radius 2 is 1.52 bits per heavy atom. The van der Waals surface area contributed by atoms with Crippen LogP contribution in [0.5, 0.6) is 0 Å². The van der Waals surface area contributed by atoms with Crippen LogP contribution in [0.25, 0.3) is 0 Å². The first-order chi connectivity index (χ1) is 10.4. The van der Waals surface area contributed by atoms with Gasteiger partial charge in [0.05, 0.1) is 0 Å². The van der Waals surface area contributed by atoms with Crippen LogP contribution in [0.1, 0.15) is 71.1 Å². The van der Waals surface area contributed by atoms with Crippen molar-refractivity contribution in [2.75, 3.05) is 13.7 Å². The van der Waals surface area contributed by atoms with Crippen LogP contribution >= 0.6 is 0 Å². The Kier molecular flexibility index (Phi) is 8.82. The van der Waals surface area contributed by atoms with Gasteiger partial charge in [0.25, 0.3) is 0 Å². The van der Waals surface area contributed by atoms with Gasteiger partial charge in [-0.1, -0.05) is 0 Å². The molecule has 0 saturated heterocycles. The molecule has 3 heteroatoms. The van der Waals surface area contributed by atoms with E-state index in [1.165, 1.54) is 68.7 Å². The summed E-state index contributed by atoms with van der Waals surface area (Å²) in [6.45, 7) is 4.11. The molecular weight excluding hydrogens is 371 g/mol. The van der Waals surface area contributed by atoms with Crippen molar-refractivity contribution >= 4 is 27.6 Å². The molecule has 1 nitrogen and oxygen atoms in total. The monoisotopic (exact) mass is 406 g/mol. The third-order valence-corrected chi connectivity index (χ3v) is 7.75. The van der Waals surface area contributed by atoms with Crippen molar-refractivity contribution in [3.8, 4) is 0 Å². The van der Waals surface area contributed by atoms with Crippen molar-refractivity contribution in [3.05, 3.63) is 9.60 Å². The van der Waals surface area contributed by atoms with Gasteiger partial charge in [-0.25, -0.2) is 0 Å². The zero-order valence-corrected chi connectivity index (χ0v) is 16.4. The minimum atomic E-state index is 0.0769. The van der Waals surface area contributed by atoms with Gasteiger partial charge in [-0.05, 0) is 0 Å². The first-order valence-corrected chi connectivity index (χ1v) is 12.2. The van der Waals surface area contributed by atoms with Gasteiger partial charge in [0, 0.05) is 0 Å². The van der Waals surface area contributed by atoms with E-state index in [2.05, 4.69) is 11.0 Å². The van der Waals surface area contributed by atoms with Crippen molar-refractivity contribution in [2.45, 2.75) is 87.2 Å². The van der Waals surface area contributed by atoms with E-state index >= 15 is 0 Å². The normalized spacial score (nSPS) is 22.5. The van der Waals surface area contributed by atoms with Crippen molar-refractivity contribution < 1.29 is 4.74 Å². The summed E-state index contributed by atoms with van der Waals surface area (Å²) >= 11 is 0.0769. The summed E-state index contributed by atoms with van der Waals surface area (Å²) in [7, 11) is 1.89. The second-order valence-corrected chi connectivity index (χ2v) is 10.2. The summed E-state index contributed by atoms with van der Waals surface area (Å²) in [6, 6.07) is 0. The number of ether oxygens (including phenoxy) is 1. The molecule has 2 aliphatic rings. The average molecular weight is 404 g/mol. The molecule has 0 aliphatic heterocycles. The fourth-order valence-electron chi connectivity index (χ4n) is 4.54. The van der Waals surface area contributed by atoms with E-state index in [1.807, 2.05) is 7.11 Å². The molecule has 0 aromatic carbocycles. The van der Waals surface area contributed by atoms with Gasteiger partial charge in [0.1, 0.15) is 0 Å². The van der Waals surface area contributed by atoms with Gasteiger partial charge in [-0.2, -0.15) is 0 Å². The van der Waals surface area contributed by atoms with Crippen LogP contribution in [0, 0.1) is 0 Å². The molecule has 0 heterocycles. The van der Waals surface area contributed by atoms with Gasteiger partial charge in [-0.15, -0.1) is 0 Å². The van der Waals surface area contributed by atoms with Crippen LogP contribution in [-0.2, 0) is 4.74 Å². The molecule has 0 unspecified atom stereocenters. The van der Waals surface area contributed by atoms with Crippen LogP contribution in [0.3, 0.4) is 0 Å². The maximum atomic E-state index is 5.62. The molecule has 21 heavy (non-hydrogen) atoms. The Morgan fingerprint density at radius 1 is 1.00 bits per heavy atom. The zero-order chi connectivity index (χ0) is 14.9. The van der Waals surface area contributed by atoms with Crippen molar-refractivity contribution in [1.29, 1.82) is 0 Å². The SMILES string of the molecule is CC[Te]/C=C(\COC)B(C1CCCCC1)C1CCCCC1. The van der Waals surface area contributed by atoms with E-state index in [1.54, 1.807) is 5.47 Å². The van der Waals surface area contributed by atoms with E-state index in [4.69, 9.17) is 4.74 Å². The quantitative estimate of drug-likeness (QED) is 0.520. The molecule has 0 amide bonds. The molecule has 0 radical (unpaired) electrons. The van der Waals surface area contributed by atoms with E-state index in [9.17, 15) is 0 Å². The topological polar surface area (TPSA) is 9.23 Å². The maximum absolute atomic E-state index is 5.62. The van der Waals surface area contributed by atoms with Crippen LogP contribution in [0.15, 0.2) is 9.60 Å². The van der Waals surface area contributed by atoms with Crippen LogP contribution in [0.4, 0.5) is 0 Å². The van der Waals surface area contributed by atoms with Crippen molar-refractivity contribution in [1.82, 2.24) is 0 Å². The van der Waals surface area contributed by atoms with Gasteiger partial charge in [0.15, 0.2) is 0 Å². The summed E-state index contributed by atoms with van der Waals surface area (Å²) in [6.07, 6.45) is 14.8. The molecule has 0 N–H and O–H groups in total. The molecule has 0 atom stereocenters. The Hall–Kier alpha value is 0.555. The molecule has 2 aliphatic carbocycles. The summed E-state index contributed by atoms with van der Waals surface area (Å²) in [4.78, 5) is 0. The van der Waals surface area contributed by atoms with Gasteiger partial charge >= 0.3 is 143 Å². The first-order valence-electron chi connectivity index (χ1n) is 9.16. The molecule has 0 spiro atoms. The number of hydrogen-bond acceptors (Lipinski definition) is 1. The average Bonchev–Trinajstić information content (AvgIpc) is 2.55. The molecule has 0 bridgehead atoms. The van der Waals surface area contributed by atoms with E-state index in [-0.39, 0.29) is 20.9 Å². The predicted molar refractivity (Wildman–Crippen MR) is 95.6 cm³/mol. The fourth-order valence-corrected chi connectivity index (χ4v) is 6.27. The van der Waals surface area contributed by atoms with E-state index in [0.717, 1.165) is 25.0 Å². The summed E-state index contributed by atoms with van der Waals surface area (Å²) in [5.41, 5.74) is 1.71. The number of methoxy groups -OCH3 is 1. The standard InChI is InChI=1S/C18H33BOTe/c1-3-21-15-18(14-20-2)19(16-10-6-4-7-11-16)17-12-8-5-9-13-17/h15-17H,3-14H2,1-2H3/b18-15+. The Morgan fingerprint density at radius 3 is 1.95 bits per heavy atom. The molecule has 120 valence electrons. The molecule has 2 saturated carbocycles. The predicted octanol–water partition coefficient (Wildman–Crippen LogP) is 5.36. The Labute approximate surface area is 142 Å². The third kappa shape index (κ3) is 5.60. The molecule has 0 aromatic rings. The van der Waals surface area contributed by atoms with Crippen LogP contribution in [-0.4, -0.2) is 41.4 Å². The minimum absolute atomic E-state index is 0.0769. The van der Waals surface area contributed by atoms with Gasteiger partial charge in [0.2, 0.25) is 0 Å². The van der Waals surface area contributed by atoms with E-state index in [0.29, 0.717) is 0 Å². The van der Waals surface area contributed by atoms with Crippen LogP contribution < -0.4 is 0 Å². The molecule has 2 fully saturated rings. The molecular formula is C18H33BOTe. The summed E-state index contributed by atoms with van der Waals surface area (Å²) in [5.74, 6) is 1.93. The second kappa shape index (κ2) is 10.4. The zero-order valence-electron chi connectivity index (χ0n) is 14.1. The van der Waals surface area contributed by atoms with Crippen molar-refractivity contribution in [3.63, 3.8) is 0 Å². The first kappa shape index (κ1) is 17.9. The second-order valence-electron chi connectivity index (χ2n) is 6.90. The molecule has 0 aromatic heterocycles. The summed E-state index contributed by atoms with van der Waals surface area (Å²) < 4.78 is 9.67. The van der Waals surface area contributed by atoms with Gasteiger partial charge in [-0.3, -0.25) is 0 Å².